The highest BCUT2D eigenvalue weighted by Crippen LogP contribution is 2.25. The minimum Gasteiger partial charge on any atom is -0.350 e. The van der Waals surface area contributed by atoms with Gasteiger partial charge in [-0.15, -0.1) is 23.1 Å². The van der Waals surface area contributed by atoms with Crippen LogP contribution in [0.2, 0.25) is 0 Å². The first-order valence-electron chi connectivity index (χ1n) is 7.75. The predicted molar refractivity (Wildman–Crippen MR) is 96.2 cm³/mol. The van der Waals surface area contributed by atoms with Crippen molar-refractivity contribution in [1.29, 1.82) is 0 Å². The third-order valence-electron chi connectivity index (χ3n) is 4.23. The monoisotopic (exact) mass is 347 g/mol. The average molecular weight is 348 g/mol. The van der Waals surface area contributed by atoms with Gasteiger partial charge in [0.05, 0.1) is 5.56 Å². The van der Waals surface area contributed by atoms with Crippen molar-refractivity contribution in [3.05, 3.63) is 45.8 Å². The Bertz CT molecular complexity index is 686. The van der Waals surface area contributed by atoms with Gasteiger partial charge in [0.15, 0.2) is 0 Å². The fourth-order valence-electron chi connectivity index (χ4n) is 2.84. The number of nitrogens with zero attached hydrogens (tertiary/aromatic N) is 2. The van der Waals surface area contributed by atoms with Gasteiger partial charge in [-0.3, -0.25) is 9.69 Å². The Morgan fingerprint density at radius 1 is 1.52 bits per heavy atom. The summed E-state index contributed by atoms with van der Waals surface area (Å²) in [5, 5.41) is 6.01. The summed E-state index contributed by atoms with van der Waals surface area (Å²) in [5.41, 5.74) is 2.10. The van der Waals surface area contributed by atoms with E-state index in [2.05, 4.69) is 33.6 Å². The number of aromatic nitrogens is 1. The lowest BCUT2D eigenvalue weighted by Crippen LogP contribution is -2.44. The van der Waals surface area contributed by atoms with E-state index in [4.69, 9.17) is 0 Å². The SMILES string of the molecule is CSc1ncccc1C(=O)NC[C@H](C)N1CCc2sccc2C1. The summed E-state index contributed by atoms with van der Waals surface area (Å²) < 4.78 is 0. The molecule has 0 spiro atoms. The number of amides is 1. The van der Waals surface area contributed by atoms with E-state index >= 15 is 0 Å². The van der Waals surface area contributed by atoms with E-state index in [0.717, 1.165) is 24.5 Å². The van der Waals surface area contributed by atoms with Gasteiger partial charge in [0.1, 0.15) is 5.03 Å². The van der Waals surface area contributed by atoms with E-state index in [0.29, 0.717) is 18.2 Å². The molecule has 1 atom stereocenters. The summed E-state index contributed by atoms with van der Waals surface area (Å²) in [6, 6.07) is 6.18. The first-order valence-corrected chi connectivity index (χ1v) is 9.86. The molecule has 1 N–H and O–H groups in total. The highest BCUT2D eigenvalue weighted by Gasteiger charge is 2.22. The lowest BCUT2D eigenvalue weighted by molar-refractivity contribution is 0.0929. The van der Waals surface area contributed by atoms with E-state index in [9.17, 15) is 4.79 Å². The molecule has 0 aromatic carbocycles. The van der Waals surface area contributed by atoms with Gasteiger partial charge in [-0.25, -0.2) is 4.98 Å². The van der Waals surface area contributed by atoms with Gasteiger partial charge in [-0.1, -0.05) is 0 Å². The third kappa shape index (κ3) is 3.76. The van der Waals surface area contributed by atoms with Crippen LogP contribution in [0.4, 0.5) is 0 Å². The molecule has 0 bridgehead atoms. The van der Waals surface area contributed by atoms with Crippen molar-refractivity contribution >= 4 is 29.0 Å². The number of hydrogen-bond acceptors (Lipinski definition) is 5. The quantitative estimate of drug-likeness (QED) is 0.845. The lowest BCUT2D eigenvalue weighted by Gasteiger charge is -2.32. The Morgan fingerprint density at radius 3 is 3.22 bits per heavy atom. The zero-order chi connectivity index (χ0) is 16.2. The molecule has 3 heterocycles. The van der Waals surface area contributed by atoms with Gasteiger partial charge in [0.25, 0.3) is 5.91 Å². The molecule has 2 aromatic heterocycles. The molecule has 6 heteroatoms. The van der Waals surface area contributed by atoms with Crippen LogP contribution in [-0.4, -0.2) is 41.2 Å². The van der Waals surface area contributed by atoms with E-state index < -0.39 is 0 Å². The fraction of sp³-hybridized carbons (Fsp3) is 0.412. The maximum atomic E-state index is 12.4. The molecule has 1 aliphatic heterocycles. The number of hydrogen-bond donors (Lipinski definition) is 1. The zero-order valence-corrected chi connectivity index (χ0v) is 15.0. The molecule has 0 aliphatic carbocycles. The van der Waals surface area contributed by atoms with Crippen LogP contribution in [0.25, 0.3) is 0 Å². The summed E-state index contributed by atoms with van der Waals surface area (Å²) in [6.45, 7) is 4.88. The predicted octanol–water partition coefficient (Wildman–Crippen LogP) is 3.04. The van der Waals surface area contributed by atoms with Crippen LogP contribution in [0.15, 0.2) is 34.8 Å². The minimum absolute atomic E-state index is 0.0393. The van der Waals surface area contributed by atoms with E-state index in [-0.39, 0.29) is 5.91 Å². The molecule has 23 heavy (non-hydrogen) atoms. The van der Waals surface area contributed by atoms with Crippen LogP contribution in [0, 0.1) is 0 Å². The minimum atomic E-state index is -0.0393. The highest BCUT2D eigenvalue weighted by atomic mass is 32.2. The molecule has 0 fully saturated rings. The molecule has 0 saturated heterocycles. The molecule has 3 rings (SSSR count). The van der Waals surface area contributed by atoms with Crippen molar-refractivity contribution < 1.29 is 4.79 Å². The number of carbonyl (C=O) groups excluding carboxylic acids is 1. The number of carbonyl (C=O) groups is 1. The Kier molecular flexibility index (Phi) is 5.35. The fourth-order valence-corrected chi connectivity index (χ4v) is 4.27. The summed E-state index contributed by atoms with van der Waals surface area (Å²) in [6.07, 6.45) is 4.77. The molecule has 4 nitrogen and oxygen atoms in total. The first-order chi connectivity index (χ1) is 11.2. The van der Waals surface area contributed by atoms with Crippen molar-refractivity contribution in [3.8, 4) is 0 Å². The van der Waals surface area contributed by atoms with Gasteiger partial charge < -0.3 is 5.32 Å². The molecule has 0 saturated carbocycles. The van der Waals surface area contributed by atoms with Gasteiger partial charge in [-0.05, 0) is 48.7 Å². The first kappa shape index (κ1) is 16.5. The van der Waals surface area contributed by atoms with Gasteiger partial charge >= 0.3 is 0 Å². The smallest absolute Gasteiger partial charge is 0.254 e. The number of nitrogens with one attached hydrogen (secondary N) is 1. The second-order valence-electron chi connectivity index (χ2n) is 5.71. The zero-order valence-electron chi connectivity index (χ0n) is 13.4. The Labute approximate surface area is 145 Å². The molecule has 1 amide bonds. The molecule has 0 unspecified atom stereocenters. The molecule has 2 aromatic rings. The number of thioether (sulfide) groups is 1. The summed E-state index contributed by atoms with van der Waals surface area (Å²) >= 11 is 3.35. The summed E-state index contributed by atoms with van der Waals surface area (Å²) in [7, 11) is 0. The van der Waals surface area contributed by atoms with Crippen LogP contribution in [-0.2, 0) is 13.0 Å². The van der Waals surface area contributed by atoms with Gasteiger partial charge in [-0.2, -0.15) is 0 Å². The largest absolute Gasteiger partial charge is 0.350 e. The molecule has 0 radical (unpaired) electrons. The molecular formula is C17H21N3OS2. The number of pyridine rings is 1. The van der Waals surface area contributed by atoms with Crippen LogP contribution in [0.3, 0.4) is 0 Å². The normalized spacial score (nSPS) is 15.9. The standard InChI is InChI=1S/C17H21N3OS2/c1-12(20-8-5-15-13(11-20)6-9-23-15)10-19-16(21)14-4-3-7-18-17(14)22-2/h3-4,6-7,9,12H,5,8,10-11H2,1-2H3,(H,19,21)/t12-/m0/s1. The Morgan fingerprint density at radius 2 is 2.39 bits per heavy atom. The molecule has 1 aliphatic rings. The third-order valence-corrected chi connectivity index (χ3v) is 5.96. The van der Waals surface area contributed by atoms with Crippen LogP contribution in [0.5, 0.6) is 0 Å². The maximum Gasteiger partial charge on any atom is 0.254 e. The number of fused-ring (bicyclic) bond motifs is 1. The van der Waals surface area contributed by atoms with Crippen molar-refractivity contribution in [2.75, 3.05) is 19.3 Å². The maximum absolute atomic E-state index is 12.4. The number of thiophene rings is 1. The van der Waals surface area contributed by atoms with Crippen molar-refractivity contribution in [2.24, 2.45) is 0 Å². The average Bonchev–Trinajstić information content (AvgIpc) is 3.06. The van der Waals surface area contributed by atoms with Crippen LogP contribution < -0.4 is 5.32 Å². The highest BCUT2D eigenvalue weighted by molar-refractivity contribution is 7.98. The topological polar surface area (TPSA) is 45.2 Å². The lowest BCUT2D eigenvalue weighted by atomic mass is 10.1. The van der Waals surface area contributed by atoms with E-state index in [1.165, 1.54) is 22.2 Å². The molecule has 122 valence electrons. The summed E-state index contributed by atoms with van der Waals surface area (Å²) in [5.74, 6) is -0.0393. The van der Waals surface area contributed by atoms with Crippen LogP contribution >= 0.6 is 23.1 Å². The Balaban J connectivity index is 1.57. The van der Waals surface area contributed by atoms with Crippen molar-refractivity contribution in [1.82, 2.24) is 15.2 Å². The van der Waals surface area contributed by atoms with Gasteiger partial charge in [0, 0.05) is 36.8 Å². The van der Waals surface area contributed by atoms with E-state index in [1.54, 1.807) is 12.3 Å². The number of rotatable bonds is 5. The second kappa shape index (κ2) is 7.47. The van der Waals surface area contributed by atoms with Crippen molar-refractivity contribution in [2.45, 2.75) is 31.0 Å². The second-order valence-corrected chi connectivity index (χ2v) is 7.50. The molecular weight excluding hydrogens is 326 g/mol. The Hall–Kier alpha value is -1.37. The van der Waals surface area contributed by atoms with Crippen LogP contribution in [0.1, 0.15) is 27.7 Å². The van der Waals surface area contributed by atoms with Gasteiger partial charge in [0.2, 0.25) is 0 Å². The summed E-state index contributed by atoms with van der Waals surface area (Å²) in [4.78, 5) is 20.6. The van der Waals surface area contributed by atoms with Crippen molar-refractivity contribution in [3.63, 3.8) is 0 Å². The van der Waals surface area contributed by atoms with E-state index in [1.807, 2.05) is 23.7 Å².